The van der Waals surface area contributed by atoms with Crippen LogP contribution in [-0.4, -0.2) is 177 Å². The highest BCUT2D eigenvalue weighted by atomic mass is 35.5. The Morgan fingerprint density at radius 3 is 1.25 bits per heavy atom. The Balaban J connectivity index is 0.000000163. The first-order chi connectivity index (χ1) is 70.2. The van der Waals surface area contributed by atoms with Crippen LogP contribution in [0.5, 0.6) is 46.0 Å². The number of rotatable bonds is 36. The van der Waals surface area contributed by atoms with E-state index in [1.54, 1.807) is 73.3 Å². The predicted octanol–water partition coefficient (Wildman–Crippen LogP) is 20.0. The molecule has 4 N–H and O–H groups in total. The van der Waals surface area contributed by atoms with Crippen molar-refractivity contribution < 1.29 is 112 Å². The third-order valence-corrected chi connectivity index (χ3v) is 26.3. The maximum Gasteiger partial charge on any atom is 0.264 e. The van der Waals surface area contributed by atoms with E-state index in [1.807, 2.05) is 38.1 Å². The van der Waals surface area contributed by atoms with Crippen molar-refractivity contribution in [1.29, 1.82) is 0 Å². The Bertz CT molecular complexity index is 6850. The third-order valence-electron chi connectivity index (χ3n) is 23.8. The topological polar surface area (TPSA) is 420 Å². The van der Waals surface area contributed by atoms with Crippen LogP contribution < -0.4 is 59.2 Å². The minimum Gasteiger partial charge on any atom is -0.495 e. The highest BCUT2D eigenvalue weighted by Crippen LogP contribution is 2.46. The molecule has 41 heteroatoms. The van der Waals surface area contributed by atoms with Gasteiger partial charge >= 0.3 is 0 Å². The van der Waals surface area contributed by atoms with Gasteiger partial charge in [0.15, 0.2) is 62.7 Å². The van der Waals surface area contributed by atoms with Gasteiger partial charge in [-0.15, -0.1) is 0 Å². The van der Waals surface area contributed by atoms with Gasteiger partial charge in [-0.2, -0.15) is 0 Å². The molecule has 4 amide bonds. The molecule has 33 nitrogen and oxygen atoms in total. The zero-order valence-electron chi connectivity index (χ0n) is 80.5. The van der Waals surface area contributed by atoms with Crippen molar-refractivity contribution in [2.24, 2.45) is 11.8 Å². The summed E-state index contributed by atoms with van der Waals surface area (Å²) >= 11 is 38.5. The summed E-state index contributed by atoms with van der Waals surface area (Å²) < 4.78 is 105. The van der Waals surface area contributed by atoms with Gasteiger partial charge in [0.25, 0.3) is 5.89 Å². The van der Waals surface area contributed by atoms with Gasteiger partial charge in [0.1, 0.15) is 51.4 Å². The Hall–Kier alpha value is -14.7. The van der Waals surface area contributed by atoms with Crippen molar-refractivity contribution in [3.8, 4) is 46.0 Å². The molecule has 16 rings (SSSR count). The molecule has 14 aromatic rings. The van der Waals surface area contributed by atoms with Crippen molar-refractivity contribution in [2.75, 3.05) is 93.9 Å². The summed E-state index contributed by atoms with van der Waals surface area (Å²) in [6.07, 6.45) is 16.6. The second kappa shape index (κ2) is 49.7. The van der Waals surface area contributed by atoms with Crippen LogP contribution in [0.15, 0.2) is 184 Å². The van der Waals surface area contributed by atoms with E-state index in [-0.39, 0.29) is 155 Å². The van der Waals surface area contributed by atoms with E-state index in [1.165, 1.54) is 93.6 Å². The van der Waals surface area contributed by atoms with Crippen molar-refractivity contribution in [2.45, 2.75) is 90.1 Å². The van der Waals surface area contributed by atoms with Gasteiger partial charge in [0.05, 0.1) is 137 Å². The maximum absolute atomic E-state index is 14.7. The minimum absolute atomic E-state index is 0.000397. The van der Waals surface area contributed by atoms with Crippen LogP contribution in [-0.2, 0) is 80.0 Å². The van der Waals surface area contributed by atoms with E-state index >= 15 is 0 Å². The number of amides is 4. The Kier molecular flexibility index (Phi) is 37.0. The lowest BCUT2D eigenvalue weighted by molar-refractivity contribution is -0.119. The fourth-order valence-electron chi connectivity index (χ4n) is 16.1. The number of nitrogens with zero attached hydrogens (tertiary/aromatic N) is 7. The fourth-order valence-corrected chi connectivity index (χ4v) is 18.0. The predicted molar refractivity (Wildman–Crippen MR) is 545 cm³/mol. The number of fused-ring (bicyclic) bond motifs is 4. The fraction of sp³-hybridized carbons (Fsp3) is 0.267. The highest BCUT2D eigenvalue weighted by Gasteiger charge is 2.34. The first-order valence-electron chi connectivity index (χ1n) is 44.9. The molecular weight excluding hydrogens is 2020 g/mol. The number of methoxy groups -OCH3 is 8. The number of furan rings is 3. The first-order valence-corrected chi connectivity index (χ1v) is 47.1. The van der Waals surface area contributed by atoms with E-state index in [0.29, 0.717) is 166 Å². The van der Waals surface area contributed by atoms with Crippen molar-refractivity contribution in [1.82, 2.24) is 45.5 Å². The summed E-state index contributed by atoms with van der Waals surface area (Å²) in [5.41, 5.74) is 9.92. The lowest BCUT2D eigenvalue weighted by Gasteiger charge is -2.31. The number of hydrogen-bond acceptors (Lipinski definition) is 29. The van der Waals surface area contributed by atoms with Crippen molar-refractivity contribution in [3.05, 3.63) is 299 Å². The van der Waals surface area contributed by atoms with Gasteiger partial charge < -0.3 is 86.3 Å². The second-order valence-electron chi connectivity index (χ2n) is 33.0. The van der Waals surface area contributed by atoms with Crippen LogP contribution in [0.1, 0.15) is 123 Å². The van der Waals surface area contributed by atoms with E-state index in [4.69, 9.17) is 135 Å². The molecule has 2 aliphatic rings. The average Bonchev–Trinajstić information content (AvgIpc) is 1.45. The van der Waals surface area contributed by atoms with E-state index in [9.17, 15) is 47.1 Å². The second-order valence-corrected chi connectivity index (χ2v) is 35.3. The quantitative estimate of drug-likeness (QED) is 0.0209. The summed E-state index contributed by atoms with van der Waals surface area (Å²) in [4.78, 5) is 130. The van der Waals surface area contributed by atoms with Gasteiger partial charge in [-0.3, -0.25) is 58.3 Å². The molecule has 2 aliphatic heterocycles. The molecule has 0 bridgehead atoms. The zero-order chi connectivity index (χ0) is 105. The van der Waals surface area contributed by atoms with E-state index in [2.05, 4.69) is 82.5 Å². The number of ketones is 4. The Morgan fingerprint density at radius 1 is 0.397 bits per heavy atom. The van der Waals surface area contributed by atoms with Crippen LogP contribution >= 0.6 is 69.6 Å². The lowest BCUT2D eigenvalue weighted by Crippen LogP contribution is -2.45. The molecule has 0 aliphatic carbocycles. The van der Waals surface area contributed by atoms with Gasteiger partial charge in [-0.05, 0) is 116 Å². The molecular formula is C105H97Cl6F2N11O22. The Morgan fingerprint density at radius 2 is 0.781 bits per heavy atom. The molecule has 4 atom stereocenters. The number of halogens is 8. The number of aromatic nitrogens is 7. The molecule has 11 heterocycles. The maximum atomic E-state index is 14.7. The standard InChI is InChI=1S/C27H23Cl2N3O5.C27H23F2N3O5.C26H26Cl2N2O6.C25H25Cl2N3O6/c1-5-25(34)32-19-12-30-11-14(2)17(19)8-16-6-15-7-21(37-24(15)13-31-16)20(33)9-18-26(28)22(35-3)10-23(36-4)27(18)29;1-5-24(34)31-18-8-6-7-14(2)16(18)9-15-10-19-23(13-30-15)37-27(32-19)20(33)11-17-25(28)21(35-3)12-22(36-4)26(17)29;1-4-24(32)30-18-5-6-35-13-15(18)8-16-7-14-9-20(36-23(14)12-29-16)19(31)10-17-25(27)21(33-2)11-22(34-3)26(17)28;1-4-23(32)30-15-5-6-35-12-13(15)7-22-28-11-21-16(29-22)9-18(36-21)17(31)8-14-24(26)19(33-2)10-20(34-3)25(14)27/h5-7,10-13H,1,8-9H2,2-4H3,(H,32,34);5-8,10,12-13H,1,9,11H2,2-4H3,(H,31,34);4,7,9,11-12,15,18H,1,5-6,8,10,13H2,2-3H3,(H,30,32);4,9-11,13,15H,1,5-8,12H2,2-3H3,(H,30,32). The number of Topliss-reactive ketones (excluding diaryl/α,β-unsaturated/α-hetero) is 4. The number of carbonyl (C=O) groups is 8. The van der Waals surface area contributed by atoms with Crippen molar-refractivity contribution in [3.63, 3.8) is 0 Å². The SMILES string of the molecule is C=CC(=O)NC1CCOCC1Cc1cc2cc(C(=O)Cc3c(Cl)c(OC)cc(OC)c3Cl)oc2cn1.C=CC(=O)NC1CCOCC1Cc1ncc2oc(C(=O)Cc3c(Cl)c(OC)cc(OC)c3Cl)cc2n1.C=CC(=O)Nc1cccc(C)c1Cc1cc2nc(C(=O)Cc3c(F)c(OC)cc(OC)c3F)oc2cn1.C=CC(=O)Nc1cncc(C)c1Cc1cc2cc(C(=O)Cc3c(Cl)c(OC)cc(OC)c3Cl)oc2cn1. The van der Waals surface area contributed by atoms with Gasteiger partial charge in [0, 0.05) is 174 Å². The molecule has 760 valence electrons. The normalized spacial score (nSPS) is 14.2. The number of pyridine rings is 4. The molecule has 0 saturated carbocycles. The largest absolute Gasteiger partial charge is 0.495 e. The number of nitrogens with one attached hydrogen (secondary N) is 4. The molecule has 9 aromatic heterocycles. The van der Waals surface area contributed by atoms with Crippen LogP contribution in [0.2, 0.25) is 30.1 Å². The summed E-state index contributed by atoms with van der Waals surface area (Å²) in [7, 11) is 11.2. The van der Waals surface area contributed by atoms with E-state index < -0.39 is 29.4 Å². The highest BCUT2D eigenvalue weighted by molar-refractivity contribution is 6.40. The summed E-state index contributed by atoms with van der Waals surface area (Å²) in [6.45, 7) is 20.0. The zero-order valence-corrected chi connectivity index (χ0v) is 85.0. The number of hydrogen-bond donors (Lipinski definition) is 4. The molecule has 4 unspecified atom stereocenters. The average molecular weight is 2120 g/mol. The smallest absolute Gasteiger partial charge is 0.264 e. The van der Waals surface area contributed by atoms with E-state index in [0.717, 1.165) is 51.5 Å². The molecule has 0 radical (unpaired) electrons. The number of benzene rings is 5. The van der Waals surface area contributed by atoms with Crippen LogP contribution in [0.25, 0.3) is 44.1 Å². The number of ether oxygens (including phenoxy) is 10. The van der Waals surface area contributed by atoms with Crippen LogP contribution in [0.4, 0.5) is 20.2 Å². The lowest BCUT2D eigenvalue weighted by atomic mass is 9.91. The van der Waals surface area contributed by atoms with Gasteiger partial charge in [0.2, 0.25) is 46.8 Å². The monoisotopic (exact) mass is 2110 g/mol. The minimum atomic E-state index is -1.01. The van der Waals surface area contributed by atoms with Crippen LogP contribution in [0.3, 0.4) is 0 Å². The van der Waals surface area contributed by atoms with Crippen molar-refractivity contribution >= 4 is 172 Å². The first kappa shape index (κ1) is 109. The summed E-state index contributed by atoms with van der Waals surface area (Å²) in [5, 5.41) is 14.3. The number of anilines is 2. The Labute approximate surface area is 864 Å². The molecule has 146 heavy (non-hydrogen) atoms. The number of aryl methyl sites for hydroxylation is 2. The molecule has 0 spiro atoms. The molecule has 2 saturated heterocycles. The number of carbonyl (C=O) groups excluding carboxylic acids is 8. The molecule has 5 aromatic carbocycles. The molecule has 2 fully saturated rings. The van der Waals surface area contributed by atoms with Crippen LogP contribution in [0, 0.1) is 37.3 Å². The number of oxazole rings is 1. The summed E-state index contributed by atoms with van der Waals surface area (Å²) in [5.74, 6) is -2.55. The van der Waals surface area contributed by atoms with Gasteiger partial charge in [-0.25, -0.2) is 23.7 Å². The third kappa shape index (κ3) is 25.8. The van der Waals surface area contributed by atoms with Gasteiger partial charge in [-0.1, -0.05) is 108 Å². The summed E-state index contributed by atoms with van der Waals surface area (Å²) in [6, 6.07) is 21.4.